The lowest BCUT2D eigenvalue weighted by Crippen LogP contribution is -2.73. The minimum atomic E-state index is -1.80. The Kier molecular flexibility index (Phi) is 17.7. The van der Waals surface area contributed by atoms with Gasteiger partial charge in [0.25, 0.3) is 0 Å². The molecule has 454 valence electrons. The van der Waals surface area contributed by atoms with Crippen molar-refractivity contribution in [2.75, 3.05) is 33.0 Å². The maximum atomic E-state index is 13.3. The average molecular weight is 1140 g/mol. The Balaban J connectivity index is 1.03. The maximum Gasteiger partial charge on any atom is 0.303 e. The third-order valence-corrected chi connectivity index (χ3v) is 21.5. The lowest BCUT2D eigenvalue weighted by atomic mass is 9.32. The molecule has 79 heavy (non-hydrogen) atoms. The summed E-state index contributed by atoms with van der Waals surface area (Å²) in [5.41, 5.74) is -4.43. The predicted molar refractivity (Wildman–Crippen MR) is 266 cm³/mol. The largest absolute Gasteiger partial charge is 0.454 e. The number of aliphatic hydroxyl groups is 14. The molecular formula is C54H88O25. The SMILES string of the molecule is CC(=O)O[C@H]1[C@H](O[C@@H]2[C@@H](O)[C@@H](O)CO[C@H]2[C@@H](OO)[C@]23CCC(C)(C)C[C@H]2C2=CC[C@@H]4[C@@]5(C)C[C@H](O)[C@H](O[C@@H]6O[C@H](CO)[C@@H](O)[C@H](O)[C@H]6O)C(CO)(CO)[C@H]5CC[C@@]4(C)[C@]2(C)C[C@H]3O)O[C@@H](C)[C@H](O[C@H]2OC[C@H](O)[C@@H](O)[C@@H]2O)[C@H]1O. The highest BCUT2D eigenvalue weighted by molar-refractivity contribution is 5.66. The van der Waals surface area contributed by atoms with Crippen molar-refractivity contribution in [3.8, 4) is 0 Å². The minimum Gasteiger partial charge on any atom is -0.454 e. The molecule has 0 aromatic heterocycles. The number of carbonyl (C=O) groups excluding carboxylic acids is 1. The van der Waals surface area contributed by atoms with Crippen molar-refractivity contribution in [2.24, 2.45) is 50.2 Å². The molecule has 0 aromatic rings. The Morgan fingerprint density at radius 3 is 1.96 bits per heavy atom. The second kappa shape index (κ2) is 22.6. The average Bonchev–Trinajstić information content (AvgIpc) is 3.49. The second-order valence-corrected chi connectivity index (χ2v) is 26.2. The second-order valence-electron chi connectivity index (χ2n) is 26.2. The molecule has 9 rings (SSSR count). The Bertz CT molecular complexity index is 2170. The summed E-state index contributed by atoms with van der Waals surface area (Å²) in [6.07, 6.45) is -29.1. The molecule has 4 saturated carbocycles. The molecule has 4 saturated heterocycles. The zero-order valence-corrected chi connectivity index (χ0v) is 46.0. The zero-order chi connectivity index (χ0) is 57.9. The number of allylic oxidation sites excluding steroid dienone is 2. The molecule has 15 N–H and O–H groups in total. The number of hydrogen-bond acceptors (Lipinski definition) is 25. The smallest absolute Gasteiger partial charge is 0.303 e. The Hall–Kier alpha value is -1.71. The van der Waals surface area contributed by atoms with Crippen molar-refractivity contribution < 1.29 is 124 Å². The van der Waals surface area contributed by atoms with Crippen LogP contribution in [-0.4, -0.2) is 251 Å². The predicted octanol–water partition coefficient (Wildman–Crippen LogP) is -2.91. The molecule has 4 heterocycles. The standard InChI is InChI=1S/C54H88O25/c1-22-40(76-46-37(67)33(63)27(60)19-72-46)39(69)42(74-23(2)58)48(73-22)77-41-34(64)28(61)18-71-43(41)45(79-70)54-13-12-49(3,4)14-25(54)24-8-9-30-50(5)15-26(59)44(78-47-38(68)36(66)35(65)29(17-55)75-47)53(20-56,21-57)31(50)10-11-51(30,6)52(24,7)16-32(54)62/h8,22,25-48,55-57,59-70H,9-21H2,1-7H3/t22-,25-,26-,27-,28-,29+,30+,31-,32+,33+,34-,35+,36-,37-,38+,39+,40-,41+,42+,43+,44-,45+,46+,47-,48-,50+,51+,52+,54+/m0/s1. The van der Waals surface area contributed by atoms with Crippen molar-refractivity contribution in [3.05, 3.63) is 11.6 Å². The number of ether oxygens (including phenoxy) is 8. The molecule has 25 heteroatoms. The fraction of sp³-hybridized carbons (Fsp3) is 0.944. The lowest BCUT2D eigenvalue weighted by Gasteiger charge is -2.73. The first-order valence-corrected chi connectivity index (χ1v) is 28.1. The first-order valence-electron chi connectivity index (χ1n) is 28.1. The molecule has 5 aliphatic carbocycles. The van der Waals surface area contributed by atoms with Crippen LogP contribution in [0.2, 0.25) is 0 Å². The quantitative estimate of drug-likeness (QED) is 0.0289. The van der Waals surface area contributed by atoms with E-state index < -0.39 is 213 Å². The van der Waals surface area contributed by atoms with Gasteiger partial charge in [-0.25, -0.2) is 4.89 Å². The van der Waals surface area contributed by atoms with Crippen LogP contribution < -0.4 is 0 Å². The summed E-state index contributed by atoms with van der Waals surface area (Å²) >= 11 is 0. The molecule has 0 aromatic carbocycles. The molecule has 8 fully saturated rings. The van der Waals surface area contributed by atoms with Crippen molar-refractivity contribution in [3.63, 3.8) is 0 Å². The lowest BCUT2D eigenvalue weighted by molar-refractivity contribution is -0.389. The number of esters is 1. The van der Waals surface area contributed by atoms with Crippen molar-refractivity contribution in [1.82, 2.24) is 0 Å². The number of carbonyl (C=O) groups is 1. The Morgan fingerprint density at radius 2 is 1.32 bits per heavy atom. The van der Waals surface area contributed by atoms with Crippen molar-refractivity contribution >= 4 is 5.97 Å². The normalized spacial score (nSPS) is 52.8. The third-order valence-electron chi connectivity index (χ3n) is 21.5. The van der Waals surface area contributed by atoms with Crippen molar-refractivity contribution in [1.29, 1.82) is 0 Å². The minimum absolute atomic E-state index is 0.110. The molecule has 0 unspecified atom stereocenters. The summed E-state index contributed by atoms with van der Waals surface area (Å²) < 4.78 is 47.8. The van der Waals surface area contributed by atoms with Gasteiger partial charge in [-0.15, -0.1) is 0 Å². The van der Waals surface area contributed by atoms with Gasteiger partial charge in [0.15, 0.2) is 25.0 Å². The molecule has 0 spiro atoms. The van der Waals surface area contributed by atoms with Crippen LogP contribution in [0, 0.1) is 50.2 Å². The van der Waals surface area contributed by atoms with Crippen LogP contribution >= 0.6 is 0 Å². The van der Waals surface area contributed by atoms with E-state index in [9.17, 15) is 81.5 Å². The van der Waals surface area contributed by atoms with Gasteiger partial charge in [-0.05, 0) is 97.7 Å². The van der Waals surface area contributed by atoms with E-state index in [0.29, 0.717) is 32.1 Å². The van der Waals surface area contributed by atoms with E-state index in [0.717, 1.165) is 12.5 Å². The summed E-state index contributed by atoms with van der Waals surface area (Å²) in [7, 11) is 0. The van der Waals surface area contributed by atoms with E-state index in [2.05, 4.69) is 33.8 Å². The number of hydrogen-bond donors (Lipinski definition) is 15. The fourth-order valence-electron chi connectivity index (χ4n) is 17.2. The van der Waals surface area contributed by atoms with Crippen LogP contribution in [0.4, 0.5) is 0 Å². The van der Waals surface area contributed by atoms with E-state index in [1.807, 2.05) is 6.92 Å². The number of aliphatic hydroxyl groups excluding tert-OH is 14. The summed E-state index contributed by atoms with van der Waals surface area (Å²) in [4.78, 5) is 18.2. The van der Waals surface area contributed by atoms with E-state index in [4.69, 9.17) is 42.8 Å². The van der Waals surface area contributed by atoms with Gasteiger partial charge in [0.1, 0.15) is 85.5 Å². The van der Waals surface area contributed by atoms with Crippen LogP contribution in [0.15, 0.2) is 11.6 Å². The monoisotopic (exact) mass is 1140 g/mol. The first-order chi connectivity index (χ1) is 37.1. The summed E-state index contributed by atoms with van der Waals surface area (Å²) in [6, 6.07) is 0. The summed E-state index contributed by atoms with van der Waals surface area (Å²) in [5.74, 6) is -2.16. The Labute approximate surface area is 458 Å². The van der Waals surface area contributed by atoms with Gasteiger partial charge in [0.05, 0.1) is 57.5 Å². The van der Waals surface area contributed by atoms with Gasteiger partial charge in [-0.1, -0.05) is 46.3 Å². The van der Waals surface area contributed by atoms with Gasteiger partial charge in [0.2, 0.25) is 0 Å². The van der Waals surface area contributed by atoms with Crippen LogP contribution in [0.25, 0.3) is 0 Å². The highest BCUT2D eigenvalue weighted by atomic mass is 17.1. The maximum absolute atomic E-state index is 13.3. The van der Waals surface area contributed by atoms with Crippen LogP contribution in [0.3, 0.4) is 0 Å². The summed E-state index contributed by atoms with van der Waals surface area (Å²) in [6.45, 7) is 10.2. The molecule has 29 atom stereocenters. The molecule has 0 amide bonds. The van der Waals surface area contributed by atoms with E-state index in [1.165, 1.54) is 6.92 Å². The first kappa shape index (κ1) is 61.8. The van der Waals surface area contributed by atoms with Crippen LogP contribution in [0.1, 0.15) is 99.8 Å². The van der Waals surface area contributed by atoms with E-state index in [-0.39, 0.29) is 30.6 Å². The van der Waals surface area contributed by atoms with Gasteiger partial charge in [-0.3, -0.25) is 10.1 Å². The molecule has 25 nitrogen and oxygen atoms in total. The molecule has 4 aliphatic heterocycles. The van der Waals surface area contributed by atoms with Gasteiger partial charge >= 0.3 is 5.97 Å². The molecule has 0 bridgehead atoms. The fourth-order valence-corrected chi connectivity index (χ4v) is 17.2. The van der Waals surface area contributed by atoms with Gasteiger partial charge < -0.3 is 109 Å². The zero-order valence-electron chi connectivity index (χ0n) is 46.0. The summed E-state index contributed by atoms with van der Waals surface area (Å²) in [5, 5.41) is 168. The van der Waals surface area contributed by atoms with E-state index in [1.54, 1.807) is 0 Å². The van der Waals surface area contributed by atoms with Gasteiger partial charge in [-0.2, -0.15) is 0 Å². The van der Waals surface area contributed by atoms with Crippen LogP contribution in [0.5, 0.6) is 0 Å². The molecule has 9 aliphatic rings. The molecule has 0 radical (unpaired) electrons. The van der Waals surface area contributed by atoms with E-state index >= 15 is 0 Å². The Morgan fingerprint density at radius 1 is 0.671 bits per heavy atom. The number of fused-ring (bicyclic) bond motifs is 7. The third kappa shape index (κ3) is 9.89. The van der Waals surface area contributed by atoms with Gasteiger partial charge in [0, 0.05) is 17.8 Å². The highest BCUT2D eigenvalue weighted by Crippen LogP contribution is 2.76. The topological polar surface area (TPSA) is 404 Å². The van der Waals surface area contributed by atoms with Crippen molar-refractivity contribution in [2.45, 2.75) is 235 Å². The highest BCUT2D eigenvalue weighted by Gasteiger charge is 2.74. The number of rotatable bonds is 13. The van der Waals surface area contributed by atoms with Crippen LogP contribution in [-0.2, 0) is 47.6 Å². The molecular weight excluding hydrogens is 1050 g/mol.